The summed E-state index contributed by atoms with van der Waals surface area (Å²) in [5.74, 6) is -2.16. The maximum atomic E-state index is 13.9. The number of β-lactam (4-membered cyclic amide) rings is 1. The number of hydrogen-bond acceptors (Lipinski definition) is 7. The number of nitrogens with zero attached hydrogens (tertiary/aromatic N) is 1. The molecule has 10 heteroatoms. The molecule has 39 heavy (non-hydrogen) atoms. The van der Waals surface area contributed by atoms with Crippen molar-refractivity contribution in [2.24, 2.45) is 0 Å². The molecule has 0 aromatic heterocycles. The Kier molecular flexibility index (Phi) is 7.64. The lowest BCUT2D eigenvalue weighted by Gasteiger charge is -2.51. The van der Waals surface area contributed by atoms with Gasteiger partial charge in [0.05, 0.1) is 11.3 Å². The highest BCUT2D eigenvalue weighted by molar-refractivity contribution is 8.03. The van der Waals surface area contributed by atoms with Gasteiger partial charge in [-0.1, -0.05) is 78.9 Å². The number of ether oxygens (including phenoxy) is 1. The molecule has 2 unspecified atom stereocenters. The molecule has 0 saturated carbocycles. The molecule has 2 heterocycles. The quantitative estimate of drug-likeness (QED) is 0.228. The highest BCUT2D eigenvalue weighted by Crippen LogP contribution is 2.41. The maximum absolute atomic E-state index is 13.9. The van der Waals surface area contributed by atoms with Gasteiger partial charge in [-0.2, -0.15) is 0 Å². The maximum Gasteiger partial charge on any atom is 0.334 e. The van der Waals surface area contributed by atoms with E-state index in [0.717, 1.165) is 11.1 Å². The number of nitrogens with one attached hydrogen (secondary N) is 3. The van der Waals surface area contributed by atoms with Crippen LogP contribution in [0.2, 0.25) is 0 Å². The van der Waals surface area contributed by atoms with Gasteiger partial charge < -0.3 is 15.0 Å². The molecule has 1 saturated heterocycles. The Morgan fingerprint density at radius 3 is 2.00 bits per heavy atom. The van der Waals surface area contributed by atoms with E-state index < -0.39 is 41.3 Å². The number of rotatable bonds is 8. The number of fused-ring (bicyclic) bond motifs is 1. The molecule has 9 nitrogen and oxygen atoms in total. The van der Waals surface area contributed by atoms with E-state index in [1.54, 1.807) is 17.5 Å². The van der Waals surface area contributed by atoms with E-state index in [1.165, 1.54) is 23.6 Å². The van der Waals surface area contributed by atoms with E-state index in [1.807, 2.05) is 78.9 Å². The van der Waals surface area contributed by atoms with Crippen LogP contribution in [0, 0.1) is 0 Å². The van der Waals surface area contributed by atoms with Crippen LogP contribution in [0.15, 0.2) is 102 Å². The highest BCUT2D eigenvalue weighted by Gasteiger charge is 2.57. The molecule has 0 aliphatic carbocycles. The van der Waals surface area contributed by atoms with Crippen molar-refractivity contribution in [3.63, 3.8) is 0 Å². The third kappa shape index (κ3) is 5.51. The van der Waals surface area contributed by atoms with Crippen molar-refractivity contribution in [1.82, 2.24) is 15.6 Å². The molecule has 3 amide bonds. The van der Waals surface area contributed by atoms with Gasteiger partial charge in [0, 0.05) is 6.92 Å². The van der Waals surface area contributed by atoms with Crippen LogP contribution in [-0.2, 0) is 23.9 Å². The molecule has 2 aliphatic rings. The molecule has 5 rings (SSSR count). The van der Waals surface area contributed by atoms with Gasteiger partial charge in [-0.15, -0.1) is 11.8 Å². The smallest absolute Gasteiger partial charge is 0.334 e. The van der Waals surface area contributed by atoms with E-state index in [4.69, 9.17) is 4.74 Å². The Morgan fingerprint density at radius 2 is 1.44 bits per heavy atom. The van der Waals surface area contributed by atoms with Crippen molar-refractivity contribution in [2.45, 2.75) is 30.5 Å². The predicted molar refractivity (Wildman–Crippen MR) is 147 cm³/mol. The summed E-state index contributed by atoms with van der Waals surface area (Å²) in [4.78, 5) is 53.2. The van der Waals surface area contributed by atoms with Crippen LogP contribution in [-0.4, -0.2) is 46.0 Å². The number of esters is 1. The molecule has 2 aliphatic heterocycles. The lowest BCUT2D eigenvalue weighted by Crippen LogP contribution is -2.74. The SMILES string of the molecule is CC(=O)NC1C(=O)N2C(C(=O)OC(c3ccccc3)c3ccccc3)C(C(=O)NNc3ccccc3)=CS[C@H]12. The van der Waals surface area contributed by atoms with Crippen molar-refractivity contribution >= 4 is 41.1 Å². The second-order valence-electron chi connectivity index (χ2n) is 9.01. The van der Waals surface area contributed by atoms with Gasteiger partial charge in [0.25, 0.3) is 5.91 Å². The molecule has 3 aromatic carbocycles. The highest BCUT2D eigenvalue weighted by atomic mass is 32.2. The third-order valence-corrected chi connectivity index (χ3v) is 7.53. The number of thioether (sulfide) groups is 1. The summed E-state index contributed by atoms with van der Waals surface area (Å²) in [5.41, 5.74) is 7.61. The van der Waals surface area contributed by atoms with E-state index in [0.29, 0.717) is 5.69 Å². The summed E-state index contributed by atoms with van der Waals surface area (Å²) in [6.07, 6.45) is -0.762. The summed E-state index contributed by atoms with van der Waals surface area (Å²) in [5, 5.41) is 3.63. The van der Waals surface area contributed by atoms with Crippen molar-refractivity contribution in [1.29, 1.82) is 0 Å². The monoisotopic (exact) mass is 542 g/mol. The van der Waals surface area contributed by atoms with Crippen LogP contribution in [0.25, 0.3) is 0 Å². The fourth-order valence-electron chi connectivity index (χ4n) is 4.52. The Morgan fingerprint density at radius 1 is 0.872 bits per heavy atom. The number of anilines is 1. The van der Waals surface area contributed by atoms with Gasteiger partial charge in [0.15, 0.2) is 12.1 Å². The largest absolute Gasteiger partial charge is 0.451 e. The van der Waals surface area contributed by atoms with E-state index in [2.05, 4.69) is 16.2 Å². The first-order valence-corrected chi connectivity index (χ1v) is 13.2. The van der Waals surface area contributed by atoms with Gasteiger partial charge in [0.1, 0.15) is 11.4 Å². The molecular weight excluding hydrogens is 516 g/mol. The first-order valence-electron chi connectivity index (χ1n) is 12.3. The number of amides is 3. The van der Waals surface area contributed by atoms with Crippen molar-refractivity contribution in [2.75, 3.05) is 5.43 Å². The Hall–Kier alpha value is -4.57. The number of hydrazine groups is 1. The average molecular weight is 543 g/mol. The lowest BCUT2D eigenvalue weighted by atomic mass is 9.96. The molecule has 3 aromatic rings. The van der Waals surface area contributed by atoms with Gasteiger partial charge >= 0.3 is 5.97 Å². The van der Waals surface area contributed by atoms with Crippen LogP contribution in [0.5, 0.6) is 0 Å². The van der Waals surface area contributed by atoms with E-state index in [9.17, 15) is 19.2 Å². The standard InChI is InChI=1S/C29H26N4O5S/c1-18(34)30-23-27(36)33-24(22(17-39-28(23)33)26(35)32-31-21-15-9-4-10-16-21)29(37)38-25(19-11-5-2-6-12-19)20-13-7-3-8-14-20/h2-17,23-25,28,31H,1H3,(H,30,34)(H,32,35)/t23?,24?,28-/m1/s1. The first kappa shape index (κ1) is 26.1. The number of hydrogen-bond donors (Lipinski definition) is 3. The average Bonchev–Trinajstić information content (AvgIpc) is 2.97. The zero-order chi connectivity index (χ0) is 27.4. The summed E-state index contributed by atoms with van der Waals surface area (Å²) in [6.45, 7) is 1.32. The van der Waals surface area contributed by atoms with Gasteiger partial charge in [-0.25, -0.2) is 4.79 Å². The van der Waals surface area contributed by atoms with Gasteiger partial charge in [-0.3, -0.25) is 25.2 Å². The minimum Gasteiger partial charge on any atom is -0.451 e. The number of carbonyl (C=O) groups is 4. The number of para-hydroxylation sites is 1. The summed E-state index contributed by atoms with van der Waals surface area (Å²) < 4.78 is 6.05. The number of benzene rings is 3. The molecule has 0 spiro atoms. The Labute approximate surface area is 229 Å². The lowest BCUT2D eigenvalue weighted by molar-refractivity contribution is -0.165. The normalized spacial score (nSPS) is 19.7. The summed E-state index contributed by atoms with van der Waals surface area (Å²) in [7, 11) is 0. The molecule has 0 radical (unpaired) electrons. The molecule has 1 fully saturated rings. The molecule has 198 valence electrons. The second kappa shape index (κ2) is 11.4. The van der Waals surface area contributed by atoms with Crippen LogP contribution < -0.4 is 16.2 Å². The minimum atomic E-state index is -1.30. The Bertz CT molecular complexity index is 1360. The van der Waals surface area contributed by atoms with Crippen LogP contribution >= 0.6 is 11.8 Å². The van der Waals surface area contributed by atoms with Crippen LogP contribution in [0.1, 0.15) is 24.2 Å². The predicted octanol–water partition coefficient (Wildman–Crippen LogP) is 3.13. The minimum absolute atomic E-state index is 0.0548. The van der Waals surface area contributed by atoms with Crippen LogP contribution in [0.3, 0.4) is 0 Å². The third-order valence-electron chi connectivity index (χ3n) is 6.36. The van der Waals surface area contributed by atoms with Crippen molar-refractivity contribution in [3.05, 3.63) is 113 Å². The topological polar surface area (TPSA) is 117 Å². The first-order chi connectivity index (χ1) is 18.9. The molecule has 3 N–H and O–H groups in total. The van der Waals surface area contributed by atoms with Crippen LogP contribution in [0.4, 0.5) is 5.69 Å². The van der Waals surface area contributed by atoms with Gasteiger partial charge in [-0.05, 0) is 28.7 Å². The zero-order valence-corrected chi connectivity index (χ0v) is 21.8. The van der Waals surface area contributed by atoms with E-state index in [-0.39, 0.29) is 11.5 Å². The second-order valence-corrected chi connectivity index (χ2v) is 10.0. The summed E-state index contributed by atoms with van der Waals surface area (Å²) in [6, 6.07) is 25.4. The molecule has 0 bridgehead atoms. The van der Waals surface area contributed by atoms with Crippen molar-refractivity contribution < 1.29 is 23.9 Å². The number of carbonyl (C=O) groups excluding carboxylic acids is 4. The fraction of sp³-hybridized carbons (Fsp3) is 0.172. The van der Waals surface area contributed by atoms with Gasteiger partial charge in [0.2, 0.25) is 11.8 Å². The Balaban J connectivity index is 1.44. The molecular formula is C29H26N4O5S. The fourth-order valence-corrected chi connectivity index (χ4v) is 5.74. The summed E-state index contributed by atoms with van der Waals surface area (Å²) >= 11 is 1.19. The molecule has 3 atom stereocenters. The zero-order valence-electron chi connectivity index (χ0n) is 20.9. The van der Waals surface area contributed by atoms with E-state index >= 15 is 0 Å². The van der Waals surface area contributed by atoms with Crippen molar-refractivity contribution in [3.8, 4) is 0 Å².